The quantitative estimate of drug-likeness (QED) is 0.441. The summed E-state index contributed by atoms with van der Waals surface area (Å²) in [4.78, 5) is 16.5. The molecule has 23 heavy (non-hydrogen) atoms. The van der Waals surface area contributed by atoms with Crippen LogP contribution in [-0.4, -0.2) is 10.8 Å². The van der Waals surface area contributed by atoms with Gasteiger partial charge in [0.15, 0.2) is 5.78 Å². The molecular formula is C17H9BrClF2NO. The van der Waals surface area contributed by atoms with Gasteiger partial charge in [0, 0.05) is 28.5 Å². The SMILES string of the molecule is O=C(Cc1ccc2ncc(Br)cc2c1)c1cc(Cl)c(F)cc1F. The number of aromatic nitrogens is 1. The zero-order chi connectivity index (χ0) is 16.6. The molecule has 1 heterocycles. The molecule has 0 aliphatic rings. The van der Waals surface area contributed by atoms with Crippen molar-refractivity contribution in [3.8, 4) is 0 Å². The second-order valence-corrected chi connectivity index (χ2v) is 6.35. The first-order valence-electron chi connectivity index (χ1n) is 6.66. The first kappa shape index (κ1) is 16.0. The van der Waals surface area contributed by atoms with Crippen LogP contribution in [0.5, 0.6) is 0 Å². The zero-order valence-corrected chi connectivity index (χ0v) is 14.0. The number of pyridine rings is 1. The van der Waals surface area contributed by atoms with Crippen LogP contribution < -0.4 is 0 Å². The third-order valence-corrected chi connectivity index (χ3v) is 4.11. The first-order chi connectivity index (χ1) is 10.9. The maximum Gasteiger partial charge on any atom is 0.170 e. The molecule has 0 fully saturated rings. The van der Waals surface area contributed by atoms with Crippen molar-refractivity contribution >= 4 is 44.2 Å². The van der Waals surface area contributed by atoms with Crippen LogP contribution >= 0.6 is 27.5 Å². The molecule has 0 unspecified atom stereocenters. The number of carbonyl (C=O) groups excluding carboxylic acids is 1. The summed E-state index contributed by atoms with van der Waals surface area (Å²) in [7, 11) is 0. The Morgan fingerprint density at radius 3 is 2.70 bits per heavy atom. The predicted octanol–water partition coefficient (Wildman–Crippen LogP) is 5.35. The van der Waals surface area contributed by atoms with Gasteiger partial charge in [-0.1, -0.05) is 17.7 Å². The van der Waals surface area contributed by atoms with E-state index in [1.165, 1.54) is 0 Å². The van der Waals surface area contributed by atoms with Crippen LogP contribution in [0, 0.1) is 11.6 Å². The summed E-state index contributed by atoms with van der Waals surface area (Å²) in [5.41, 5.74) is 1.28. The molecule has 6 heteroatoms. The second kappa shape index (κ2) is 6.34. The smallest absolute Gasteiger partial charge is 0.170 e. The van der Waals surface area contributed by atoms with Crippen LogP contribution in [0.1, 0.15) is 15.9 Å². The van der Waals surface area contributed by atoms with Crippen molar-refractivity contribution in [2.45, 2.75) is 6.42 Å². The Morgan fingerprint density at radius 2 is 1.91 bits per heavy atom. The van der Waals surface area contributed by atoms with Gasteiger partial charge in [0.2, 0.25) is 0 Å². The summed E-state index contributed by atoms with van der Waals surface area (Å²) in [6.45, 7) is 0. The van der Waals surface area contributed by atoms with Crippen LogP contribution in [0.2, 0.25) is 5.02 Å². The number of nitrogens with zero attached hydrogens (tertiary/aromatic N) is 1. The maximum atomic E-state index is 13.8. The Morgan fingerprint density at radius 1 is 1.13 bits per heavy atom. The van der Waals surface area contributed by atoms with Gasteiger partial charge in [0.1, 0.15) is 11.6 Å². The Labute approximate surface area is 144 Å². The first-order valence-corrected chi connectivity index (χ1v) is 7.83. The molecule has 2 aromatic carbocycles. The number of rotatable bonds is 3. The van der Waals surface area contributed by atoms with Crippen molar-refractivity contribution in [1.29, 1.82) is 0 Å². The molecule has 0 aliphatic heterocycles. The fraction of sp³-hybridized carbons (Fsp3) is 0.0588. The molecule has 0 amide bonds. The number of halogens is 4. The molecule has 0 aliphatic carbocycles. The summed E-state index contributed by atoms with van der Waals surface area (Å²) in [5, 5.41) is 0.587. The monoisotopic (exact) mass is 395 g/mol. The van der Waals surface area contributed by atoms with Crippen molar-refractivity contribution in [2.75, 3.05) is 0 Å². The molecule has 0 saturated carbocycles. The van der Waals surface area contributed by atoms with Crippen molar-refractivity contribution < 1.29 is 13.6 Å². The lowest BCUT2D eigenvalue weighted by Gasteiger charge is -2.06. The Balaban J connectivity index is 1.92. The van der Waals surface area contributed by atoms with Crippen LogP contribution in [-0.2, 0) is 6.42 Å². The van der Waals surface area contributed by atoms with Gasteiger partial charge in [-0.05, 0) is 45.8 Å². The molecule has 1 aromatic heterocycles. The summed E-state index contributed by atoms with van der Waals surface area (Å²) in [5.74, 6) is -2.27. The van der Waals surface area contributed by atoms with Gasteiger partial charge in [-0.15, -0.1) is 0 Å². The van der Waals surface area contributed by atoms with E-state index in [4.69, 9.17) is 11.6 Å². The van der Waals surface area contributed by atoms with E-state index in [2.05, 4.69) is 20.9 Å². The fourth-order valence-electron chi connectivity index (χ4n) is 2.28. The number of hydrogen-bond acceptors (Lipinski definition) is 2. The summed E-state index contributed by atoms with van der Waals surface area (Å²) >= 11 is 8.96. The summed E-state index contributed by atoms with van der Waals surface area (Å²) in [6.07, 6.45) is 1.67. The van der Waals surface area contributed by atoms with E-state index in [0.717, 1.165) is 21.4 Å². The van der Waals surface area contributed by atoms with E-state index in [1.807, 2.05) is 12.1 Å². The normalized spacial score (nSPS) is 11.0. The molecule has 0 radical (unpaired) electrons. The van der Waals surface area contributed by atoms with Gasteiger partial charge in [-0.2, -0.15) is 0 Å². The van der Waals surface area contributed by atoms with E-state index in [1.54, 1.807) is 18.3 Å². The molecule has 3 aromatic rings. The Kier molecular flexibility index (Phi) is 4.41. The van der Waals surface area contributed by atoms with E-state index in [9.17, 15) is 13.6 Å². The number of hydrogen-bond donors (Lipinski definition) is 0. The third-order valence-electron chi connectivity index (χ3n) is 3.39. The van der Waals surface area contributed by atoms with Crippen molar-refractivity contribution in [3.05, 3.63) is 74.9 Å². The minimum Gasteiger partial charge on any atom is -0.294 e. The van der Waals surface area contributed by atoms with E-state index >= 15 is 0 Å². The number of Topliss-reactive ketones (excluding diaryl/α,β-unsaturated/α-hetero) is 1. The Hall–Kier alpha value is -1.85. The number of carbonyl (C=O) groups is 1. The minimum atomic E-state index is -0.915. The van der Waals surface area contributed by atoms with E-state index in [-0.39, 0.29) is 17.0 Å². The van der Waals surface area contributed by atoms with Crippen molar-refractivity contribution in [1.82, 2.24) is 4.98 Å². The standard InChI is InChI=1S/C17H9BrClF2NO/c18-11-5-10-3-9(1-2-16(10)22-8-11)4-17(23)12-6-13(19)15(21)7-14(12)20/h1-3,5-8H,4H2. The fourth-order valence-corrected chi connectivity index (χ4v) is 2.79. The number of benzene rings is 2. The number of fused-ring (bicyclic) bond motifs is 1. The highest BCUT2D eigenvalue weighted by atomic mass is 79.9. The van der Waals surface area contributed by atoms with Gasteiger partial charge in [0.05, 0.1) is 16.1 Å². The van der Waals surface area contributed by atoms with Crippen LogP contribution in [0.4, 0.5) is 8.78 Å². The second-order valence-electron chi connectivity index (χ2n) is 5.03. The highest BCUT2D eigenvalue weighted by Gasteiger charge is 2.16. The van der Waals surface area contributed by atoms with Gasteiger partial charge in [0.25, 0.3) is 0 Å². The van der Waals surface area contributed by atoms with Crippen LogP contribution in [0.25, 0.3) is 10.9 Å². The minimum absolute atomic E-state index is 0.0126. The lowest BCUT2D eigenvalue weighted by molar-refractivity contribution is 0.0989. The molecular weight excluding hydrogens is 388 g/mol. The highest BCUT2D eigenvalue weighted by molar-refractivity contribution is 9.10. The lowest BCUT2D eigenvalue weighted by atomic mass is 10.0. The van der Waals surface area contributed by atoms with Crippen LogP contribution in [0.3, 0.4) is 0 Å². The molecule has 0 N–H and O–H groups in total. The molecule has 0 saturated heterocycles. The van der Waals surface area contributed by atoms with Gasteiger partial charge in [-0.3, -0.25) is 9.78 Å². The maximum absolute atomic E-state index is 13.8. The summed E-state index contributed by atoms with van der Waals surface area (Å²) < 4.78 is 27.7. The average Bonchev–Trinajstić information content (AvgIpc) is 2.50. The van der Waals surface area contributed by atoms with Crippen molar-refractivity contribution in [2.24, 2.45) is 0 Å². The Bertz CT molecular complexity index is 930. The summed E-state index contributed by atoms with van der Waals surface area (Å²) in [6, 6.07) is 8.88. The van der Waals surface area contributed by atoms with Crippen LogP contribution in [0.15, 0.2) is 47.1 Å². The molecule has 0 bridgehead atoms. The zero-order valence-electron chi connectivity index (χ0n) is 11.6. The van der Waals surface area contributed by atoms with Gasteiger partial charge in [-0.25, -0.2) is 8.78 Å². The average molecular weight is 397 g/mol. The molecule has 2 nitrogen and oxygen atoms in total. The topological polar surface area (TPSA) is 30.0 Å². The molecule has 0 atom stereocenters. The third kappa shape index (κ3) is 3.41. The largest absolute Gasteiger partial charge is 0.294 e. The van der Waals surface area contributed by atoms with E-state index < -0.39 is 17.4 Å². The molecule has 3 rings (SSSR count). The van der Waals surface area contributed by atoms with Crippen molar-refractivity contribution in [3.63, 3.8) is 0 Å². The lowest BCUT2D eigenvalue weighted by Crippen LogP contribution is -2.07. The van der Waals surface area contributed by atoms with Gasteiger partial charge >= 0.3 is 0 Å². The van der Waals surface area contributed by atoms with Gasteiger partial charge < -0.3 is 0 Å². The van der Waals surface area contributed by atoms with E-state index in [0.29, 0.717) is 11.6 Å². The molecule has 116 valence electrons. The molecule has 0 spiro atoms. The highest BCUT2D eigenvalue weighted by Crippen LogP contribution is 2.22. The predicted molar refractivity (Wildman–Crippen MR) is 88.8 cm³/mol. The number of ketones is 1.